The van der Waals surface area contributed by atoms with E-state index < -0.39 is 21.6 Å². The number of benzene rings is 1. The molecule has 0 aromatic heterocycles. The number of sulfonamides is 1. The molecule has 1 aromatic rings. The molecular weight excluding hydrogens is 270 g/mol. The molecule has 19 heavy (non-hydrogen) atoms. The topological polar surface area (TPSA) is 107 Å². The summed E-state index contributed by atoms with van der Waals surface area (Å²) in [6, 6.07) is 3.30. The summed E-state index contributed by atoms with van der Waals surface area (Å²) in [5.41, 5.74) is -1.34. The quantitative estimate of drug-likeness (QED) is 0.796. The van der Waals surface area contributed by atoms with Crippen molar-refractivity contribution in [2.45, 2.75) is 24.3 Å². The molecular formula is C12H13NO5S. The zero-order chi connectivity index (χ0) is 14.8. The minimum atomic E-state index is -3.98. The molecule has 0 spiro atoms. The van der Waals surface area contributed by atoms with E-state index in [-0.39, 0.29) is 16.2 Å². The highest BCUT2D eigenvalue weighted by molar-refractivity contribution is 7.89. The van der Waals surface area contributed by atoms with Crippen LogP contribution in [0.1, 0.15) is 24.2 Å². The largest absolute Gasteiger partial charge is 0.478 e. The van der Waals surface area contributed by atoms with Gasteiger partial charge in [0.1, 0.15) is 11.3 Å². The average molecular weight is 283 g/mol. The summed E-state index contributed by atoms with van der Waals surface area (Å²) in [7, 11) is -3.98. The minimum Gasteiger partial charge on any atom is -0.478 e. The summed E-state index contributed by atoms with van der Waals surface area (Å²) in [5, 5.41) is 14.0. The predicted molar refractivity (Wildman–Crippen MR) is 68.3 cm³/mol. The second-order valence-corrected chi connectivity index (χ2v) is 5.83. The maximum atomic E-state index is 11.2. The fourth-order valence-corrected chi connectivity index (χ4v) is 1.79. The second-order valence-electron chi connectivity index (χ2n) is 4.26. The van der Waals surface area contributed by atoms with Crippen LogP contribution in [0.25, 0.3) is 0 Å². The Morgan fingerprint density at radius 1 is 1.47 bits per heavy atom. The standard InChI is InChI=1S/C12H13NO5S/c1-4-12(2,3)18-10-6-5-8(19(13,16)17)7-9(10)11(14)15/h1,5-7H,2-3H3,(H,14,15)(H2,13,16,17). The molecule has 102 valence electrons. The number of aromatic carboxylic acids is 1. The van der Waals surface area contributed by atoms with E-state index in [4.69, 9.17) is 21.4 Å². The van der Waals surface area contributed by atoms with Gasteiger partial charge in [0.25, 0.3) is 0 Å². The van der Waals surface area contributed by atoms with E-state index in [0.717, 1.165) is 12.1 Å². The van der Waals surface area contributed by atoms with E-state index in [1.165, 1.54) is 6.07 Å². The van der Waals surface area contributed by atoms with Crippen molar-refractivity contribution in [1.82, 2.24) is 0 Å². The van der Waals surface area contributed by atoms with Crippen molar-refractivity contribution in [1.29, 1.82) is 0 Å². The van der Waals surface area contributed by atoms with E-state index in [9.17, 15) is 13.2 Å². The predicted octanol–water partition coefficient (Wildman–Crippen LogP) is 0.823. The van der Waals surface area contributed by atoms with Crippen molar-refractivity contribution >= 4 is 16.0 Å². The van der Waals surface area contributed by atoms with Gasteiger partial charge in [-0.05, 0) is 32.0 Å². The third-order valence-corrected chi connectivity index (χ3v) is 3.13. The van der Waals surface area contributed by atoms with Crippen molar-refractivity contribution in [3.8, 4) is 18.1 Å². The number of terminal acetylenes is 1. The molecule has 0 heterocycles. The van der Waals surface area contributed by atoms with Gasteiger partial charge < -0.3 is 9.84 Å². The van der Waals surface area contributed by atoms with Crippen LogP contribution in [0.4, 0.5) is 0 Å². The van der Waals surface area contributed by atoms with E-state index in [1.807, 2.05) is 0 Å². The van der Waals surface area contributed by atoms with Crippen molar-refractivity contribution in [3.63, 3.8) is 0 Å². The van der Waals surface area contributed by atoms with Crippen LogP contribution in [-0.2, 0) is 10.0 Å². The number of carboxylic acid groups (broad SMARTS) is 1. The van der Waals surface area contributed by atoms with Crippen molar-refractivity contribution in [2.75, 3.05) is 0 Å². The van der Waals surface area contributed by atoms with Crippen LogP contribution in [0.15, 0.2) is 23.1 Å². The van der Waals surface area contributed by atoms with Crippen LogP contribution in [0.3, 0.4) is 0 Å². The molecule has 1 aromatic carbocycles. The van der Waals surface area contributed by atoms with E-state index in [0.29, 0.717) is 0 Å². The summed E-state index contributed by atoms with van der Waals surface area (Å²) in [5.74, 6) is 0.978. The maximum Gasteiger partial charge on any atom is 0.339 e. The van der Waals surface area contributed by atoms with Crippen LogP contribution in [0.2, 0.25) is 0 Å². The molecule has 0 saturated heterocycles. The Morgan fingerprint density at radius 2 is 2.05 bits per heavy atom. The molecule has 6 nitrogen and oxygen atoms in total. The first kappa shape index (κ1) is 15.0. The van der Waals surface area contributed by atoms with Gasteiger partial charge in [-0.15, -0.1) is 6.42 Å². The van der Waals surface area contributed by atoms with Gasteiger partial charge in [-0.3, -0.25) is 0 Å². The first-order valence-electron chi connectivity index (χ1n) is 5.14. The number of hydrogen-bond donors (Lipinski definition) is 2. The Kier molecular flexibility index (Phi) is 3.88. The molecule has 0 saturated carbocycles. The fraction of sp³-hybridized carbons (Fsp3) is 0.250. The molecule has 0 aliphatic heterocycles. The number of carbonyl (C=O) groups is 1. The molecule has 7 heteroatoms. The van der Waals surface area contributed by atoms with Crippen molar-refractivity contribution in [2.24, 2.45) is 5.14 Å². The summed E-state index contributed by atoms with van der Waals surface area (Å²) in [6.07, 6.45) is 5.24. The zero-order valence-electron chi connectivity index (χ0n) is 10.4. The molecule has 0 unspecified atom stereocenters. The molecule has 1 rings (SSSR count). The lowest BCUT2D eigenvalue weighted by molar-refractivity contribution is 0.0686. The van der Waals surface area contributed by atoms with Crippen LogP contribution < -0.4 is 9.88 Å². The van der Waals surface area contributed by atoms with Gasteiger partial charge in [0.15, 0.2) is 5.60 Å². The highest BCUT2D eigenvalue weighted by Crippen LogP contribution is 2.25. The average Bonchev–Trinajstić information content (AvgIpc) is 2.27. The van der Waals surface area contributed by atoms with E-state index in [1.54, 1.807) is 13.8 Å². The van der Waals surface area contributed by atoms with Gasteiger partial charge in [0.05, 0.1) is 4.90 Å². The monoisotopic (exact) mass is 283 g/mol. The normalized spacial score (nSPS) is 11.7. The highest BCUT2D eigenvalue weighted by Gasteiger charge is 2.22. The Bertz CT molecular complexity index is 655. The van der Waals surface area contributed by atoms with Crippen molar-refractivity contribution < 1.29 is 23.1 Å². The molecule has 0 aliphatic rings. The number of nitrogens with two attached hydrogens (primary N) is 1. The third-order valence-electron chi connectivity index (χ3n) is 2.22. The summed E-state index contributed by atoms with van der Waals surface area (Å²) in [6.45, 7) is 3.15. The Balaban J connectivity index is 3.37. The van der Waals surface area contributed by atoms with Crippen LogP contribution >= 0.6 is 0 Å². The molecule has 0 amide bonds. The Morgan fingerprint density at radius 3 is 2.47 bits per heavy atom. The number of hydrogen-bond acceptors (Lipinski definition) is 4. The van der Waals surface area contributed by atoms with Crippen molar-refractivity contribution in [3.05, 3.63) is 23.8 Å². The second kappa shape index (κ2) is 4.91. The molecule has 0 aliphatic carbocycles. The summed E-state index contributed by atoms with van der Waals surface area (Å²) >= 11 is 0. The summed E-state index contributed by atoms with van der Waals surface area (Å²) < 4.78 is 27.7. The maximum absolute atomic E-state index is 11.2. The smallest absolute Gasteiger partial charge is 0.339 e. The lowest BCUT2D eigenvalue weighted by Gasteiger charge is -2.21. The molecule has 0 bridgehead atoms. The van der Waals surface area contributed by atoms with E-state index >= 15 is 0 Å². The van der Waals surface area contributed by atoms with E-state index in [2.05, 4.69) is 5.92 Å². The first-order chi connectivity index (χ1) is 8.57. The number of primary sulfonamides is 1. The van der Waals surface area contributed by atoms with Gasteiger partial charge in [-0.1, -0.05) is 5.92 Å². The fourth-order valence-electron chi connectivity index (χ4n) is 1.25. The van der Waals surface area contributed by atoms with Crippen LogP contribution in [0, 0.1) is 12.3 Å². The first-order valence-corrected chi connectivity index (χ1v) is 6.68. The van der Waals surface area contributed by atoms with Gasteiger partial charge >= 0.3 is 5.97 Å². The van der Waals surface area contributed by atoms with Gasteiger partial charge in [0.2, 0.25) is 10.0 Å². The number of carboxylic acids is 1. The molecule has 0 fully saturated rings. The van der Waals surface area contributed by atoms with Gasteiger partial charge in [0, 0.05) is 0 Å². The lowest BCUT2D eigenvalue weighted by Crippen LogP contribution is -2.26. The van der Waals surface area contributed by atoms with Gasteiger partial charge in [-0.2, -0.15) is 0 Å². The number of rotatable bonds is 4. The lowest BCUT2D eigenvalue weighted by atomic mass is 10.1. The molecule has 3 N–H and O–H groups in total. The number of ether oxygens (including phenoxy) is 1. The molecule has 0 radical (unpaired) electrons. The van der Waals surface area contributed by atoms with Crippen LogP contribution in [0.5, 0.6) is 5.75 Å². The summed E-state index contributed by atoms with van der Waals surface area (Å²) in [4.78, 5) is 10.8. The minimum absolute atomic E-state index is 0.0251. The molecule has 0 atom stereocenters. The van der Waals surface area contributed by atoms with Crippen LogP contribution in [-0.4, -0.2) is 25.1 Å². The third kappa shape index (κ3) is 3.71. The Hall–Kier alpha value is -2.04. The van der Waals surface area contributed by atoms with Gasteiger partial charge in [-0.25, -0.2) is 18.4 Å². The zero-order valence-corrected chi connectivity index (χ0v) is 11.2. The highest BCUT2D eigenvalue weighted by atomic mass is 32.2. The SMILES string of the molecule is C#CC(C)(C)Oc1ccc(S(N)(=O)=O)cc1C(=O)O. The Labute approximate surface area is 111 Å².